The Hall–Kier alpha value is -0.570. The van der Waals surface area contributed by atoms with E-state index in [1.165, 1.54) is 0 Å². The van der Waals surface area contributed by atoms with Crippen molar-refractivity contribution in [1.82, 2.24) is 0 Å². The molecular weight excluding hydrogens is 212 g/mol. The monoisotopic (exact) mass is 226 g/mol. The molecule has 3 heteroatoms. The van der Waals surface area contributed by atoms with E-state index in [9.17, 15) is 5.11 Å². The summed E-state index contributed by atoms with van der Waals surface area (Å²) in [5.41, 5.74) is 0.950. The van der Waals surface area contributed by atoms with E-state index < -0.39 is 0 Å². The van der Waals surface area contributed by atoms with Gasteiger partial charge in [0.2, 0.25) is 0 Å². The van der Waals surface area contributed by atoms with Crippen LogP contribution in [-0.2, 0) is 4.74 Å². The van der Waals surface area contributed by atoms with Crippen molar-refractivity contribution in [1.29, 1.82) is 0 Å². The van der Waals surface area contributed by atoms with Gasteiger partial charge in [-0.05, 0) is 36.5 Å². The highest BCUT2D eigenvalue weighted by Crippen LogP contribution is 2.30. The average Bonchev–Trinajstić information content (AvgIpc) is 2.30. The molecule has 2 nitrogen and oxygen atoms in total. The molecule has 0 aliphatic carbocycles. The molecule has 0 spiro atoms. The van der Waals surface area contributed by atoms with E-state index in [4.69, 9.17) is 16.3 Å². The Morgan fingerprint density at radius 1 is 1.20 bits per heavy atom. The van der Waals surface area contributed by atoms with Crippen molar-refractivity contribution in [3.05, 3.63) is 34.9 Å². The van der Waals surface area contributed by atoms with Gasteiger partial charge < -0.3 is 9.84 Å². The molecule has 1 aliphatic heterocycles. The molecular formula is C12H15ClO2. The van der Waals surface area contributed by atoms with Gasteiger partial charge in [-0.25, -0.2) is 0 Å². The summed E-state index contributed by atoms with van der Waals surface area (Å²) in [5.74, 6) is 0.319. The first-order valence-electron chi connectivity index (χ1n) is 5.28. The number of hydrogen-bond acceptors (Lipinski definition) is 2. The molecule has 0 aromatic heterocycles. The summed E-state index contributed by atoms with van der Waals surface area (Å²) in [6.45, 7) is 1.52. The van der Waals surface area contributed by atoms with E-state index in [2.05, 4.69) is 0 Å². The van der Waals surface area contributed by atoms with E-state index in [1.807, 2.05) is 24.3 Å². The van der Waals surface area contributed by atoms with E-state index in [-0.39, 0.29) is 6.10 Å². The van der Waals surface area contributed by atoms with Crippen LogP contribution in [0.3, 0.4) is 0 Å². The number of halogens is 1. The summed E-state index contributed by atoms with van der Waals surface area (Å²) < 4.78 is 5.27. The molecule has 1 heterocycles. The minimum atomic E-state index is -0.383. The number of benzene rings is 1. The lowest BCUT2D eigenvalue weighted by Crippen LogP contribution is -2.21. The van der Waals surface area contributed by atoms with Gasteiger partial charge in [-0.2, -0.15) is 0 Å². The van der Waals surface area contributed by atoms with Gasteiger partial charge in [0.25, 0.3) is 0 Å². The molecule has 1 fully saturated rings. The van der Waals surface area contributed by atoms with Crippen molar-refractivity contribution >= 4 is 11.6 Å². The molecule has 1 aliphatic rings. The highest BCUT2D eigenvalue weighted by molar-refractivity contribution is 6.30. The Morgan fingerprint density at radius 2 is 1.80 bits per heavy atom. The Morgan fingerprint density at radius 3 is 2.40 bits per heavy atom. The van der Waals surface area contributed by atoms with Crippen LogP contribution in [0.5, 0.6) is 0 Å². The van der Waals surface area contributed by atoms with Crippen LogP contribution in [0.25, 0.3) is 0 Å². The van der Waals surface area contributed by atoms with Crippen LogP contribution in [-0.4, -0.2) is 18.3 Å². The van der Waals surface area contributed by atoms with Gasteiger partial charge in [-0.3, -0.25) is 0 Å². The lowest BCUT2D eigenvalue weighted by molar-refractivity contribution is 0.00719. The molecule has 1 aromatic carbocycles. The fourth-order valence-electron chi connectivity index (χ4n) is 1.96. The molecule has 15 heavy (non-hydrogen) atoms. The number of hydrogen-bond donors (Lipinski definition) is 1. The van der Waals surface area contributed by atoms with Crippen LogP contribution in [0, 0.1) is 5.92 Å². The predicted molar refractivity (Wildman–Crippen MR) is 60.0 cm³/mol. The number of rotatable bonds is 2. The third-order valence-electron chi connectivity index (χ3n) is 2.92. The molecule has 0 amide bonds. The summed E-state index contributed by atoms with van der Waals surface area (Å²) in [6, 6.07) is 7.42. The molecule has 0 bridgehead atoms. The number of ether oxygens (including phenoxy) is 1. The number of aliphatic hydroxyl groups excluding tert-OH is 1. The smallest absolute Gasteiger partial charge is 0.0819 e. The minimum Gasteiger partial charge on any atom is -0.388 e. The van der Waals surface area contributed by atoms with Crippen molar-refractivity contribution < 1.29 is 9.84 Å². The highest BCUT2D eigenvalue weighted by Gasteiger charge is 2.23. The fraction of sp³-hybridized carbons (Fsp3) is 0.500. The summed E-state index contributed by atoms with van der Waals surface area (Å²) in [5, 5.41) is 10.8. The van der Waals surface area contributed by atoms with Crippen molar-refractivity contribution in [3.8, 4) is 0 Å². The molecule has 0 saturated carbocycles. The fourth-order valence-corrected chi connectivity index (χ4v) is 2.09. The highest BCUT2D eigenvalue weighted by atomic mass is 35.5. The molecule has 0 radical (unpaired) electrons. The SMILES string of the molecule is OC(c1ccc(Cl)cc1)C1CCOCC1. The molecule has 1 atom stereocenters. The topological polar surface area (TPSA) is 29.5 Å². The third kappa shape index (κ3) is 2.71. The first kappa shape index (κ1) is 10.9. The Balaban J connectivity index is 2.05. The summed E-state index contributed by atoms with van der Waals surface area (Å²) >= 11 is 5.80. The molecule has 82 valence electrons. The zero-order valence-corrected chi connectivity index (χ0v) is 9.28. The second-order valence-electron chi connectivity index (χ2n) is 3.95. The molecule has 2 rings (SSSR count). The number of aliphatic hydroxyl groups is 1. The molecule has 1 unspecified atom stereocenters. The zero-order chi connectivity index (χ0) is 10.7. The van der Waals surface area contributed by atoms with E-state index >= 15 is 0 Å². The van der Waals surface area contributed by atoms with Gasteiger partial charge in [-0.1, -0.05) is 23.7 Å². The molecule has 1 aromatic rings. The lowest BCUT2D eigenvalue weighted by atomic mass is 9.89. The maximum atomic E-state index is 10.1. The second-order valence-corrected chi connectivity index (χ2v) is 4.38. The van der Waals surface area contributed by atoms with Gasteiger partial charge in [0.15, 0.2) is 0 Å². The van der Waals surface area contributed by atoms with E-state index in [1.54, 1.807) is 0 Å². The van der Waals surface area contributed by atoms with Crippen LogP contribution in [0.4, 0.5) is 0 Å². The van der Waals surface area contributed by atoms with E-state index in [0.717, 1.165) is 31.6 Å². The van der Waals surface area contributed by atoms with Crippen LogP contribution >= 0.6 is 11.6 Å². The Labute approximate surface area is 94.8 Å². The predicted octanol–water partition coefficient (Wildman–Crippen LogP) is 2.80. The van der Waals surface area contributed by atoms with E-state index in [0.29, 0.717) is 10.9 Å². The van der Waals surface area contributed by atoms with Gasteiger partial charge >= 0.3 is 0 Å². The molecule has 1 saturated heterocycles. The average molecular weight is 227 g/mol. The van der Waals surface area contributed by atoms with Crippen LogP contribution < -0.4 is 0 Å². The Bertz CT molecular complexity index is 304. The largest absolute Gasteiger partial charge is 0.388 e. The maximum absolute atomic E-state index is 10.1. The van der Waals surface area contributed by atoms with Crippen LogP contribution in [0.2, 0.25) is 5.02 Å². The zero-order valence-electron chi connectivity index (χ0n) is 8.53. The molecule has 1 N–H and O–H groups in total. The summed E-state index contributed by atoms with van der Waals surface area (Å²) in [7, 11) is 0. The van der Waals surface area contributed by atoms with Crippen LogP contribution in [0.15, 0.2) is 24.3 Å². The first-order chi connectivity index (χ1) is 7.27. The van der Waals surface area contributed by atoms with Crippen molar-refractivity contribution in [2.24, 2.45) is 5.92 Å². The summed E-state index contributed by atoms with van der Waals surface area (Å²) in [6.07, 6.45) is 1.49. The van der Waals surface area contributed by atoms with Gasteiger partial charge in [0.05, 0.1) is 6.10 Å². The van der Waals surface area contributed by atoms with Gasteiger partial charge in [-0.15, -0.1) is 0 Å². The Kier molecular flexibility index (Phi) is 3.62. The van der Waals surface area contributed by atoms with Crippen LogP contribution in [0.1, 0.15) is 24.5 Å². The van der Waals surface area contributed by atoms with Crippen molar-refractivity contribution in [2.45, 2.75) is 18.9 Å². The maximum Gasteiger partial charge on any atom is 0.0819 e. The van der Waals surface area contributed by atoms with Crippen molar-refractivity contribution in [2.75, 3.05) is 13.2 Å². The first-order valence-corrected chi connectivity index (χ1v) is 5.66. The normalized spacial score (nSPS) is 20.1. The quantitative estimate of drug-likeness (QED) is 0.841. The van der Waals surface area contributed by atoms with Crippen molar-refractivity contribution in [3.63, 3.8) is 0 Å². The van der Waals surface area contributed by atoms with Gasteiger partial charge in [0, 0.05) is 18.2 Å². The van der Waals surface area contributed by atoms with Gasteiger partial charge in [0.1, 0.15) is 0 Å². The lowest BCUT2D eigenvalue weighted by Gasteiger charge is -2.26. The standard InChI is InChI=1S/C12H15ClO2/c13-11-3-1-9(2-4-11)12(14)10-5-7-15-8-6-10/h1-4,10,12,14H,5-8H2. The third-order valence-corrected chi connectivity index (χ3v) is 3.18. The second kappa shape index (κ2) is 4.97. The summed E-state index contributed by atoms with van der Waals surface area (Å²) in [4.78, 5) is 0. The minimum absolute atomic E-state index is 0.319.